The van der Waals surface area contributed by atoms with Crippen LogP contribution in [0.4, 0.5) is 15.8 Å². The monoisotopic (exact) mass is 506 g/mol. The van der Waals surface area contributed by atoms with Gasteiger partial charge in [0.2, 0.25) is 5.91 Å². The van der Waals surface area contributed by atoms with Gasteiger partial charge in [-0.1, -0.05) is 35.5 Å². The number of hydrogen-bond donors (Lipinski definition) is 2. The molecule has 0 spiro atoms. The summed E-state index contributed by atoms with van der Waals surface area (Å²) in [6, 6.07) is 8.82. The Bertz CT molecular complexity index is 1240. The number of nitrogens with zero attached hydrogens (tertiary/aromatic N) is 4. The predicted octanol–water partition coefficient (Wildman–Crippen LogP) is 4.22. The van der Waals surface area contributed by atoms with Gasteiger partial charge in [0.05, 0.1) is 33.0 Å². The molecule has 1 heterocycles. The van der Waals surface area contributed by atoms with Gasteiger partial charge >= 0.3 is 0 Å². The molecule has 3 aromatic rings. The SMILES string of the molecule is CCn1c(SCC(=O)Nc2cc([N+](=O)[O-])ccc2Cl)nnc1[C@H](C)NC(=O)c1ccccc1F. The molecule has 34 heavy (non-hydrogen) atoms. The molecule has 2 N–H and O–H groups in total. The molecule has 0 saturated heterocycles. The quantitative estimate of drug-likeness (QED) is 0.252. The van der Waals surface area contributed by atoms with Gasteiger partial charge in [-0.25, -0.2) is 4.39 Å². The second kappa shape index (κ2) is 11.1. The first-order valence-corrected chi connectivity index (χ1v) is 11.4. The summed E-state index contributed by atoms with van der Waals surface area (Å²) < 4.78 is 15.6. The minimum Gasteiger partial charge on any atom is -0.342 e. The number of rotatable bonds is 9. The van der Waals surface area contributed by atoms with E-state index in [1.807, 2.05) is 6.92 Å². The molecule has 2 aromatic carbocycles. The van der Waals surface area contributed by atoms with E-state index in [4.69, 9.17) is 11.6 Å². The van der Waals surface area contributed by atoms with Crippen LogP contribution in [0.5, 0.6) is 0 Å². The molecular formula is C21H20ClFN6O4S. The van der Waals surface area contributed by atoms with Crippen LogP contribution in [0.1, 0.15) is 36.1 Å². The Morgan fingerprint density at radius 1 is 1.26 bits per heavy atom. The highest BCUT2D eigenvalue weighted by Crippen LogP contribution is 2.27. The number of hydrogen-bond acceptors (Lipinski definition) is 7. The zero-order valence-corrected chi connectivity index (χ0v) is 19.7. The molecule has 178 valence electrons. The summed E-state index contributed by atoms with van der Waals surface area (Å²) in [4.78, 5) is 35.2. The minimum atomic E-state index is -0.629. The highest BCUT2D eigenvalue weighted by molar-refractivity contribution is 7.99. The number of anilines is 1. The average molecular weight is 507 g/mol. The number of halogens is 2. The van der Waals surface area contributed by atoms with Crippen LogP contribution in [-0.4, -0.2) is 37.3 Å². The van der Waals surface area contributed by atoms with E-state index in [9.17, 15) is 24.1 Å². The van der Waals surface area contributed by atoms with E-state index in [2.05, 4.69) is 20.8 Å². The largest absolute Gasteiger partial charge is 0.342 e. The molecule has 13 heteroatoms. The zero-order valence-electron chi connectivity index (χ0n) is 18.1. The summed E-state index contributed by atoms with van der Waals surface area (Å²) in [7, 11) is 0. The second-order valence-electron chi connectivity index (χ2n) is 7.02. The number of amides is 2. The third-order valence-electron chi connectivity index (χ3n) is 4.68. The van der Waals surface area contributed by atoms with Crippen LogP contribution in [0.2, 0.25) is 5.02 Å². The van der Waals surface area contributed by atoms with Crippen LogP contribution >= 0.6 is 23.4 Å². The maximum Gasteiger partial charge on any atom is 0.271 e. The van der Waals surface area contributed by atoms with E-state index in [0.717, 1.165) is 11.8 Å². The highest BCUT2D eigenvalue weighted by atomic mass is 35.5. The summed E-state index contributed by atoms with van der Waals surface area (Å²) >= 11 is 7.11. The third kappa shape index (κ3) is 5.88. The lowest BCUT2D eigenvalue weighted by atomic mass is 10.2. The third-order valence-corrected chi connectivity index (χ3v) is 5.98. The van der Waals surface area contributed by atoms with Crippen molar-refractivity contribution in [1.82, 2.24) is 20.1 Å². The predicted molar refractivity (Wildman–Crippen MR) is 125 cm³/mol. The molecule has 1 aromatic heterocycles. The first-order valence-electron chi connectivity index (χ1n) is 10.1. The Morgan fingerprint density at radius 3 is 2.68 bits per heavy atom. The van der Waals surface area contributed by atoms with Gasteiger partial charge in [-0.3, -0.25) is 19.7 Å². The number of aromatic nitrogens is 3. The molecule has 0 fully saturated rings. The van der Waals surface area contributed by atoms with Crippen molar-refractivity contribution in [3.63, 3.8) is 0 Å². The summed E-state index contributed by atoms with van der Waals surface area (Å²) in [5, 5.41) is 25.0. The van der Waals surface area contributed by atoms with Crippen molar-refractivity contribution in [2.45, 2.75) is 31.6 Å². The normalized spacial score (nSPS) is 11.6. The molecule has 0 unspecified atom stereocenters. The van der Waals surface area contributed by atoms with E-state index in [0.29, 0.717) is 17.5 Å². The molecule has 0 aliphatic carbocycles. The molecule has 10 nitrogen and oxygen atoms in total. The van der Waals surface area contributed by atoms with E-state index in [1.165, 1.54) is 36.4 Å². The Kier molecular flexibility index (Phi) is 8.18. The van der Waals surface area contributed by atoms with E-state index in [-0.39, 0.29) is 27.7 Å². The lowest BCUT2D eigenvalue weighted by molar-refractivity contribution is -0.384. The molecule has 3 rings (SSSR count). The summed E-state index contributed by atoms with van der Waals surface area (Å²) in [5.41, 5.74) is -0.152. The van der Waals surface area contributed by atoms with Crippen molar-refractivity contribution in [2.24, 2.45) is 0 Å². The summed E-state index contributed by atoms with van der Waals surface area (Å²) in [5.74, 6) is -1.28. The van der Waals surface area contributed by atoms with Crippen LogP contribution in [0.25, 0.3) is 0 Å². The van der Waals surface area contributed by atoms with Crippen molar-refractivity contribution < 1.29 is 18.9 Å². The summed E-state index contributed by atoms with van der Waals surface area (Å²) in [6.45, 7) is 4.01. The molecule has 0 radical (unpaired) electrons. The number of thioether (sulfide) groups is 1. The van der Waals surface area contributed by atoms with Crippen LogP contribution in [0, 0.1) is 15.9 Å². The van der Waals surface area contributed by atoms with Gasteiger partial charge in [-0.05, 0) is 32.0 Å². The Labute approximate surface area is 203 Å². The fourth-order valence-electron chi connectivity index (χ4n) is 3.05. The van der Waals surface area contributed by atoms with E-state index in [1.54, 1.807) is 17.6 Å². The van der Waals surface area contributed by atoms with Gasteiger partial charge in [0.25, 0.3) is 11.6 Å². The number of nitro benzene ring substituents is 1. The molecule has 0 aliphatic heterocycles. The fraction of sp³-hybridized carbons (Fsp3) is 0.238. The first-order chi connectivity index (χ1) is 16.2. The molecule has 0 saturated carbocycles. The van der Waals surface area contributed by atoms with E-state index >= 15 is 0 Å². The van der Waals surface area contributed by atoms with Crippen LogP contribution in [-0.2, 0) is 11.3 Å². The molecule has 0 bridgehead atoms. The van der Waals surface area contributed by atoms with Gasteiger partial charge < -0.3 is 15.2 Å². The molecule has 0 aliphatic rings. The van der Waals surface area contributed by atoms with Crippen molar-refractivity contribution in [3.05, 3.63) is 74.8 Å². The number of carbonyl (C=O) groups is 2. The molecule has 1 atom stereocenters. The summed E-state index contributed by atoms with van der Waals surface area (Å²) in [6.07, 6.45) is 0. The van der Waals surface area contributed by atoms with Gasteiger partial charge in [-0.15, -0.1) is 10.2 Å². The minimum absolute atomic E-state index is 0.0624. The standard InChI is InChI=1S/C21H20ClFN6O4S/c1-3-28-19(12(2)24-20(31)14-6-4-5-7-16(14)23)26-27-21(28)34-11-18(30)25-17-10-13(29(32)33)8-9-15(17)22/h4-10,12H,3,11H2,1-2H3,(H,24,31)(H,25,30)/t12-/m0/s1. The maximum absolute atomic E-state index is 13.9. The van der Waals surface area contributed by atoms with Crippen LogP contribution in [0.3, 0.4) is 0 Å². The number of non-ortho nitro benzene ring substituents is 1. The van der Waals surface area contributed by atoms with Gasteiger partial charge in [0.1, 0.15) is 5.82 Å². The number of carbonyl (C=O) groups excluding carboxylic acids is 2. The topological polar surface area (TPSA) is 132 Å². The molecule has 2 amide bonds. The second-order valence-corrected chi connectivity index (χ2v) is 8.37. The maximum atomic E-state index is 13.9. The number of benzene rings is 2. The van der Waals surface area contributed by atoms with E-state index < -0.39 is 28.6 Å². The highest BCUT2D eigenvalue weighted by Gasteiger charge is 2.21. The van der Waals surface area contributed by atoms with Gasteiger partial charge in [0.15, 0.2) is 11.0 Å². The Balaban J connectivity index is 1.66. The number of nitro groups is 1. The zero-order chi connectivity index (χ0) is 24.8. The lowest BCUT2D eigenvalue weighted by Crippen LogP contribution is -2.29. The van der Waals surface area contributed by atoms with Crippen molar-refractivity contribution in [3.8, 4) is 0 Å². The van der Waals surface area contributed by atoms with Gasteiger partial charge in [-0.2, -0.15) is 0 Å². The van der Waals surface area contributed by atoms with Crippen molar-refractivity contribution in [1.29, 1.82) is 0 Å². The van der Waals surface area contributed by atoms with Crippen LogP contribution < -0.4 is 10.6 Å². The van der Waals surface area contributed by atoms with Crippen molar-refractivity contribution in [2.75, 3.05) is 11.1 Å². The fourth-order valence-corrected chi connectivity index (χ4v) is 4.02. The lowest BCUT2D eigenvalue weighted by Gasteiger charge is -2.15. The first kappa shape index (κ1) is 25.1. The van der Waals surface area contributed by atoms with Crippen molar-refractivity contribution >= 4 is 46.6 Å². The van der Waals surface area contributed by atoms with Crippen LogP contribution in [0.15, 0.2) is 47.6 Å². The Hall–Kier alpha value is -3.51. The average Bonchev–Trinajstić information content (AvgIpc) is 3.22. The molecular weight excluding hydrogens is 487 g/mol. The smallest absolute Gasteiger partial charge is 0.271 e. The Morgan fingerprint density at radius 2 is 2.00 bits per heavy atom. The van der Waals surface area contributed by atoms with Gasteiger partial charge in [0, 0.05) is 18.7 Å². The number of nitrogens with one attached hydrogen (secondary N) is 2.